The van der Waals surface area contributed by atoms with E-state index in [0.29, 0.717) is 18.1 Å². The van der Waals surface area contributed by atoms with Crippen LogP contribution >= 0.6 is 0 Å². The predicted molar refractivity (Wildman–Crippen MR) is 80.1 cm³/mol. The highest BCUT2D eigenvalue weighted by molar-refractivity contribution is 5.35. The second kappa shape index (κ2) is 5.07. The van der Waals surface area contributed by atoms with Gasteiger partial charge in [-0.3, -0.25) is 10.1 Å². The summed E-state index contributed by atoms with van der Waals surface area (Å²) in [6.07, 6.45) is 1.46. The fourth-order valence-corrected chi connectivity index (χ4v) is 3.94. The first-order valence-corrected chi connectivity index (χ1v) is 7.53. The van der Waals surface area contributed by atoms with E-state index in [1.165, 1.54) is 6.07 Å². The number of nitrogens with one attached hydrogen (secondary N) is 1. The van der Waals surface area contributed by atoms with Gasteiger partial charge in [-0.25, -0.2) is 0 Å². The molecule has 0 radical (unpaired) electrons. The zero-order chi connectivity index (χ0) is 15.2. The molecule has 1 aromatic carbocycles. The van der Waals surface area contributed by atoms with Gasteiger partial charge >= 0.3 is 0 Å². The smallest absolute Gasteiger partial charge is 0.269 e. The van der Waals surface area contributed by atoms with Gasteiger partial charge in [0.1, 0.15) is 0 Å². The van der Waals surface area contributed by atoms with E-state index in [-0.39, 0.29) is 22.1 Å². The molecule has 0 spiro atoms. The van der Waals surface area contributed by atoms with E-state index in [9.17, 15) is 10.1 Å². The molecule has 0 bridgehead atoms. The Hall–Kier alpha value is -1.46. The van der Waals surface area contributed by atoms with Crippen LogP contribution in [0.25, 0.3) is 0 Å². The molecule has 1 N–H and O–H groups in total. The number of nitrogens with zero attached hydrogens (tertiary/aromatic N) is 1. The van der Waals surface area contributed by atoms with Crippen molar-refractivity contribution in [3.05, 3.63) is 39.9 Å². The molecule has 2 aliphatic rings. The lowest BCUT2D eigenvalue weighted by molar-refractivity contribution is -0.384. The standard InChI is InChI=1S/C16H22N2O3/c1-10(11-5-4-6-12(9-11)18(19)20)17-14-13-7-8-21-15(13)16(14,2)3/h4-6,9-10,13-15,17H,7-8H2,1-3H3. The van der Waals surface area contributed by atoms with Crippen molar-refractivity contribution in [1.29, 1.82) is 0 Å². The maximum atomic E-state index is 10.9. The first-order chi connectivity index (χ1) is 9.91. The Morgan fingerprint density at radius 3 is 2.95 bits per heavy atom. The zero-order valence-electron chi connectivity index (χ0n) is 12.7. The van der Waals surface area contributed by atoms with Crippen LogP contribution in [-0.2, 0) is 4.74 Å². The first kappa shape index (κ1) is 14.5. The second-order valence-corrected chi connectivity index (χ2v) is 6.78. The molecule has 1 aliphatic carbocycles. The van der Waals surface area contributed by atoms with Crippen LogP contribution in [0, 0.1) is 21.4 Å². The minimum atomic E-state index is -0.343. The van der Waals surface area contributed by atoms with Gasteiger partial charge in [-0.15, -0.1) is 0 Å². The minimum absolute atomic E-state index is 0.0933. The number of nitro groups is 1. The molecule has 4 atom stereocenters. The summed E-state index contributed by atoms with van der Waals surface area (Å²) in [5, 5.41) is 14.5. The Kier molecular flexibility index (Phi) is 3.50. The van der Waals surface area contributed by atoms with Crippen LogP contribution in [0.5, 0.6) is 0 Å². The molecule has 1 saturated carbocycles. The first-order valence-electron chi connectivity index (χ1n) is 7.53. The largest absolute Gasteiger partial charge is 0.377 e. The number of fused-ring (bicyclic) bond motifs is 1. The lowest BCUT2D eigenvalue weighted by Gasteiger charge is -2.55. The molecule has 4 unspecified atom stereocenters. The normalized spacial score (nSPS) is 31.3. The van der Waals surface area contributed by atoms with Crippen molar-refractivity contribution in [2.75, 3.05) is 6.61 Å². The Morgan fingerprint density at radius 2 is 2.24 bits per heavy atom. The molecule has 0 aromatic heterocycles. The van der Waals surface area contributed by atoms with Gasteiger partial charge in [0.05, 0.1) is 11.0 Å². The van der Waals surface area contributed by atoms with E-state index in [2.05, 4.69) is 26.1 Å². The number of hydrogen-bond acceptors (Lipinski definition) is 4. The van der Waals surface area contributed by atoms with Crippen LogP contribution in [0.4, 0.5) is 5.69 Å². The fraction of sp³-hybridized carbons (Fsp3) is 0.625. The highest BCUT2D eigenvalue weighted by atomic mass is 16.6. The third-order valence-corrected chi connectivity index (χ3v) is 5.11. The van der Waals surface area contributed by atoms with E-state index in [0.717, 1.165) is 18.6 Å². The number of hydrogen-bond donors (Lipinski definition) is 1. The second-order valence-electron chi connectivity index (χ2n) is 6.78. The lowest BCUT2D eigenvalue weighted by atomic mass is 9.57. The van der Waals surface area contributed by atoms with Gasteiger partial charge in [0, 0.05) is 42.2 Å². The van der Waals surface area contributed by atoms with Gasteiger partial charge in [-0.2, -0.15) is 0 Å². The molecule has 21 heavy (non-hydrogen) atoms. The van der Waals surface area contributed by atoms with Crippen LogP contribution < -0.4 is 5.32 Å². The quantitative estimate of drug-likeness (QED) is 0.683. The SMILES string of the molecule is CC(NC1C2CCOC2C1(C)C)c1cccc([N+](=O)[O-])c1. The van der Waals surface area contributed by atoms with Crippen LogP contribution in [0.15, 0.2) is 24.3 Å². The van der Waals surface area contributed by atoms with E-state index in [1.54, 1.807) is 12.1 Å². The summed E-state index contributed by atoms with van der Waals surface area (Å²) >= 11 is 0. The topological polar surface area (TPSA) is 64.4 Å². The molecule has 2 fully saturated rings. The molecule has 3 rings (SSSR count). The Labute approximate surface area is 124 Å². The maximum Gasteiger partial charge on any atom is 0.269 e. The van der Waals surface area contributed by atoms with Gasteiger partial charge < -0.3 is 10.1 Å². The number of benzene rings is 1. The summed E-state index contributed by atoms with van der Waals surface area (Å²) in [4.78, 5) is 10.5. The van der Waals surface area contributed by atoms with Crippen molar-refractivity contribution in [1.82, 2.24) is 5.32 Å². The van der Waals surface area contributed by atoms with E-state index >= 15 is 0 Å². The monoisotopic (exact) mass is 290 g/mol. The molecule has 114 valence electrons. The third-order valence-electron chi connectivity index (χ3n) is 5.11. The van der Waals surface area contributed by atoms with Crippen molar-refractivity contribution in [2.24, 2.45) is 11.3 Å². The van der Waals surface area contributed by atoms with E-state index in [4.69, 9.17) is 4.74 Å². The van der Waals surface area contributed by atoms with Gasteiger partial charge in [-0.05, 0) is 18.9 Å². The zero-order valence-corrected chi connectivity index (χ0v) is 12.7. The predicted octanol–water partition coefficient (Wildman–Crippen LogP) is 3.06. The van der Waals surface area contributed by atoms with Gasteiger partial charge in [-0.1, -0.05) is 26.0 Å². The van der Waals surface area contributed by atoms with Gasteiger partial charge in [0.25, 0.3) is 5.69 Å². The number of rotatable bonds is 4. The molecule has 1 aliphatic heterocycles. The molecular weight excluding hydrogens is 268 g/mol. The van der Waals surface area contributed by atoms with E-state index in [1.807, 2.05) is 6.07 Å². The number of non-ortho nitro benzene ring substituents is 1. The van der Waals surface area contributed by atoms with Crippen LogP contribution in [0.2, 0.25) is 0 Å². The minimum Gasteiger partial charge on any atom is -0.377 e. The summed E-state index contributed by atoms with van der Waals surface area (Å²) in [6.45, 7) is 7.38. The molecule has 1 aromatic rings. The fourth-order valence-electron chi connectivity index (χ4n) is 3.94. The van der Waals surface area contributed by atoms with Crippen LogP contribution in [0.1, 0.15) is 38.8 Å². The third kappa shape index (κ3) is 2.34. The summed E-state index contributed by atoms with van der Waals surface area (Å²) in [5.74, 6) is 0.571. The van der Waals surface area contributed by atoms with Crippen LogP contribution in [-0.4, -0.2) is 23.7 Å². The molecule has 5 heteroatoms. The van der Waals surface area contributed by atoms with Crippen molar-refractivity contribution < 1.29 is 9.66 Å². The molecular formula is C16H22N2O3. The van der Waals surface area contributed by atoms with Crippen LogP contribution in [0.3, 0.4) is 0 Å². The average molecular weight is 290 g/mol. The van der Waals surface area contributed by atoms with E-state index < -0.39 is 0 Å². The van der Waals surface area contributed by atoms with Gasteiger partial charge in [0.2, 0.25) is 0 Å². The maximum absolute atomic E-state index is 10.9. The molecule has 0 amide bonds. The van der Waals surface area contributed by atoms with Crippen molar-refractivity contribution in [3.8, 4) is 0 Å². The summed E-state index contributed by atoms with van der Waals surface area (Å²) in [5.41, 5.74) is 1.23. The molecule has 5 nitrogen and oxygen atoms in total. The summed E-state index contributed by atoms with van der Waals surface area (Å²) in [6, 6.07) is 7.38. The lowest BCUT2D eigenvalue weighted by Crippen LogP contribution is -2.66. The molecule has 1 saturated heterocycles. The Balaban J connectivity index is 1.73. The number of nitro benzene ring substituents is 1. The summed E-state index contributed by atoms with van der Waals surface area (Å²) < 4.78 is 5.81. The van der Waals surface area contributed by atoms with Gasteiger partial charge in [0.15, 0.2) is 0 Å². The highest BCUT2D eigenvalue weighted by Gasteiger charge is 2.59. The average Bonchev–Trinajstić information content (AvgIpc) is 2.91. The Bertz CT molecular complexity index is 558. The van der Waals surface area contributed by atoms with Crippen molar-refractivity contribution >= 4 is 5.69 Å². The Morgan fingerprint density at radius 1 is 1.48 bits per heavy atom. The number of ether oxygens (including phenoxy) is 1. The summed E-state index contributed by atoms with van der Waals surface area (Å²) in [7, 11) is 0. The highest BCUT2D eigenvalue weighted by Crippen LogP contribution is 2.52. The van der Waals surface area contributed by atoms with Crippen molar-refractivity contribution in [2.45, 2.75) is 45.4 Å². The van der Waals surface area contributed by atoms with Crippen molar-refractivity contribution in [3.63, 3.8) is 0 Å². The molecule has 1 heterocycles.